The van der Waals surface area contributed by atoms with Gasteiger partial charge >= 0.3 is 6.18 Å². The van der Waals surface area contributed by atoms with E-state index in [1.54, 1.807) is 0 Å². The summed E-state index contributed by atoms with van der Waals surface area (Å²) >= 11 is 0. The Bertz CT molecular complexity index is 522. The minimum atomic E-state index is -4.82. The summed E-state index contributed by atoms with van der Waals surface area (Å²) < 4.78 is 51.7. The van der Waals surface area contributed by atoms with E-state index in [1.807, 2.05) is 6.92 Å². The molecule has 0 spiro atoms. The van der Waals surface area contributed by atoms with Crippen LogP contribution in [0.1, 0.15) is 35.7 Å². The van der Waals surface area contributed by atoms with Crippen LogP contribution < -0.4 is 10.6 Å². The van der Waals surface area contributed by atoms with Gasteiger partial charge in [-0.2, -0.15) is 13.2 Å². The zero-order valence-corrected chi connectivity index (χ0v) is 11.4. The zero-order chi connectivity index (χ0) is 15.6. The van der Waals surface area contributed by atoms with E-state index in [-0.39, 0.29) is 6.04 Å². The number of hydrogen-bond donors (Lipinski definition) is 2. The normalized spacial score (nSPS) is 22.9. The Balaban J connectivity index is 2.13. The van der Waals surface area contributed by atoms with Gasteiger partial charge in [-0.3, -0.25) is 4.79 Å². The largest absolute Gasteiger partial charge is 0.419 e. The molecule has 0 saturated carbocycles. The van der Waals surface area contributed by atoms with Gasteiger partial charge in [0, 0.05) is 18.6 Å². The van der Waals surface area contributed by atoms with Crippen molar-refractivity contribution >= 4 is 5.91 Å². The van der Waals surface area contributed by atoms with Crippen molar-refractivity contribution in [2.45, 2.75) is 38.0 Å². The molecule has 1 heterocycles. The number of piperidine rings is 1. The van der Waals surface area contributed by atoms with E-state index in [0.29, 0.717) is 25.1 Å². The summed E-state index contributed by atoms with van der Waals surface area (Å²) in [6.45, 7) is 2.53. The second-order valence-electron chi connectivity index (χ2n) is 5.22. The second-order valence-corrected chi connectivity index (χ2v) is 5.22. The maximum atomic E-state index is 13.8. The highest BCUT2D eigenvalue weighted by Gasteiger charge is 2.36. The minimum absolute atomic E-state index is 0.206. The Morgan fingerprint density at radius 1 is 1.33 bits per heavy atom. The molecule has 1 saturated heterocycles. The molecule has 7 heteroatoms. The van der Waals surface area contributed by atoms with Crippen molar-refractivity contribution in [3.8, 4) is 0 Å². The van der Waals surface area contributed by atoms with Crippen LogP contribution in [0.2, 0.25) is 0 Å². The third-order valence-corrected chi connectivity index (χ3v) is 3.54. The van der Waals surface area contributed by atoms with Crippen molar-refractivity contribution in [1.82, 2.24) is 10.6 Å². The maximum absolute atomic E-state index is 13.8. The molecule has 21 heavy (non-hydrogen) atoms. The van der Waals surface area contributed by atoms with Crippen molar-refractivity contribution in [2.75, 3.05) is 6.54 Å². The van der Waals surface area contributed by atoms with Crippen LogP contribution in [-0.2, 0) is 6.18 Å². The van der Waals surface area contributed by atoms with E-state index in [1.165, 1.54) is 0 Å². The summed E-state index contributed by atoms with van der Waals surface area (Å²) in [5.41, 5.74) is -2.01. The van der Waals surface area contributed by atoms with Gasteiger partial charge in [0.25, 0.3) is 5.91 Å². The van der Waals surface area contributed by atoms with Gasteiger partial charge in [0.2, 0.25) is 0 Å². The number of hydrogen-bond acceptors (Lipinski definition) is 2. The molecule has 2 rings (SSSR count). The van der Waals surface area contributed by atoms with Crippen LogP contribution >= 0.6 is 0 Å². The fraction of sp³-hybridized carbons (Fsp3) is 0.500. The summed E-state index contributed by atoms with van der Waals surface area (Å²) in [5, 5.41) is 5.72. The fourth-order valence-corrected chi connectivity index (χ4v) is 2.31. The van der Waals surface area contributed by atoms with Gasteiger partial charge in [-0.15, -0.1) is 0 Å². The van der Waals surface area contributed by atoms with Crippen LogP contribution in [0, 0.1) is 5.82 Å². The monoisotopic (exact) mass is 304 g/mol. The molecular weight excluding hydrogens is 288 g/mol. The second kappa shape index (κ2) is 6.01. The van der Waals surface area contributed by atoms with E-state index >= 15 is 0 Å². The average Bonchev–Trinajstić information content (AvgIpc) is 2.40. The molecule has 116 valence electrons. The number of benzene rings is 1. The van der Waals surface area contributed by atoms with Gasteiger partial charge < -0.3 is 10.6 Å². The van der Waals surface area contributed by atoms with Crippen LogP contribution in [0.15, 0.2) is 18.2 Å². The lowest BCUT2D eigenvalue weighted by molar-refractivity contribution is -0.140. The van der Waals surface area contributed by atoms with Crippen molar-refractivity contribution in [3.05, 3.63) is 35.1 Å². The topological polar surface area (TPSA) is 41.1 Å². The SMILES string of the molecule is CC1CCC(NC(=O)c2cccc(C(F)(F)F)c2F)CN1. The molecule has 0 aliphatic carbocycles. The Morgan fingerprint density at radius 3 is 2.62 bits per heavy atom. The number of halogens is 4. The van der Waals surface area contributed by atoms with E-state index < -0.39 is 29.0 Å². The quantitative estimate of drug-likeness (QED) is 0.825. The average molecular weight is 304 g/mol. The van der Waals surface area contributed by atoms with Gasteiger partial charge in [-0.05, 0) is 31.9 Å². The predicted octanol–water partition coefficient (Wildman–Crippen LogP) is 2.71. The lowest BCUT2D eigenvalue weighted by Gasteiger charge is -2.28. The van der Waals surface area contributed by atoms with E-state index in [0.717, 1.165) is 18.6 Å². The van der Waals surface area contributed by atoms with Crippen LogP contribution in [-0.4, -0.2) is 24.5 Å². The number of carbonyl (C=O) groups is 1. The molecule has 1 fully saturated rings. The summed E-state index contributed by atoms with van der Waals surface area (Å²) in [6.07, 6.45) is -3.27. The summed E-state index contributed by atoms with van der Waals surface area (Å²) in [7, 11) is 0. The number of carbonyl (C=O) groups excluding carboxylic acids is 1. The third-order valence-electron chi connectivity index (χ3n) is 3.54. The van der Waals surface area contributed by atoms with Gasteiger partial charge in [-0.1, -0.05) is 6.07 Å². The van der Waals surface area contributed by atoms with E-state index in [9.17, 15) is 22.4 Å². The molecule has 1 aromatic carbocycles. The molecule has 0 aromatic heterocycles. The lowest BCUT2D eigenvalue weighted by Crippen LogP contribution is -2.48. The number of amides is 1. The standard InChI is InChI=1S/C14H16F4N2O/c1-8-5-6-9(7-19-8)20-13(21)10-3-2-4-11(12(10)15)14(16,17)18/h2-4,8-9,19H,5-7H2,1H3,(H,20,21). The van der Waals surface area contributed by atoms with E-state index in [2.05, 4.69) is 10.6 Å². The lowest BCUT2D eigenvalue weighted by atomic mass is 10.0. The molecule has 1 aliphatic rings. The Labute approximate surface area is 119 Å². The van der Waals surface area contributed by atoms with Crippen molar-refractivity contribution < 1.29 is 22.4 Å². The number of alkyl halides is 3. The first-order valence-electron chi connectivity index (χ1n) is 6.69. The molecule has 0 bridgehead atoms. The van der Waals surface area contributed by atoms with Gasteiger partial charge in [0.1, 0.15) is 5.82 Å². The molecule has 3 nitrogen and oxygen atoms in total. The van der Waals surface area contributed by atoms with Gasteiger partial charge in [0.15, 0.2) is 0 Å². The molecule has 1 aromatic rings. The highest BCUT2D eigenvalue weighted by atomic mass is 19.4. The van der Waals surface area contributed by atoms with Crippen LogP contribution in [0.5, 0.6) is 0 Å². The highest BCUT2D eigenvalue weighted by Crippen LogP contribution is 2.32. The number of nitrogens with one attached hydrogen (secondary N) is 2. The summed E-state index contributed by atoms with van der Waals surface area (Å²) in [5.74, 6) is -2.35. The minimum Gasteiger partial charge on any atom is -0.348 e. The van der Waals surface area contributed by atoms with Crippen molar-refractivity contribution in [3.63, 3.8) is 0 Å². The van der Waals surface area contributed by atoms with Crippen molar-refractivity contribution in [1.29, 1.82) is 0 Å². The number of rotatable bonds is 2. The van der Waals surface area contributed by atoms with Crippen LogP contribution in [0.3, 0.4) is 0 Å². The smallest absolute Gasteiger partial charge is 0.348 e. The molecule has 2 N–H and O–H groups in total. The summed E-state index contributed by atoms with van der Waals surface area (Å²) in [4.78, 5) is 11.9. The molecule has 2 unspecified atom stereocenters. The Kier molecular flexibility index (Phi) is 4.51. The highest BCUT2D eigenvalue weighted by molar-refractivity contribution is 5.94. The Hall–Kier alpha value is -1.63. The Morgan fingerprint density at radius 2 is 2.05 bits per heavy atom. The van der Waals surface area contributed by atoms with Crippen molar-refractivity contribution in [2.24, 2.45) is 0 Å². The molecule has 2 atom stereocenters. The molecule has 0 radical (unpaired) electrons. The first-order chi connectivity index (χ1) is 9.79. The zero-order valence-electron chi connectivity index (χ0n) is 11.4. The predicted molar refractivity (Wildman–Crippen MR) is 69.4 cm³/mol. The molecular formula is C14H16F4N2O. The van der Waals surface area contributed by atoms with Gasteiger partial charge in [-0.25, -0.2) is 4.39 Å². The third kappa shape index (κ3) is 3.72. The fourth-order valence-electron chi connectivity index (χ4n) is 2.31. The van der Waals surface area contributed by atoms with Crippen LogP contribution in [0.25, 0.3) is 0 Å². The van der Waals surface area contributed by atoms with E-state index in [4.69, 9.17) is 0 Å². The van der Waals surface area contributed by atoms with Gasteiger partial charge in [0.05, 0.1) is 11.1 Å². The summed E-state index contributed by atoms with van der Waals surface area (Å²) in [6, 6.07) is 2.84. The van der Waals surface area contributed by atoms with Crippen LogP contribution in [0.4, 0.5) is 17.6 Å². The first-order valence-corrected chi connectivity index (χ1v) is 6.69. The molecule has 1 amide bonds. The first kappa shape index (κ1) is 15.8. The maximum Gasteiger partial charge on any atom is 0.419 e. The molecule has 1 aliphatic heterocycles.